The van der Waals surface area contributed by atoms with Gasteiger partial charge >= 0.3 is 0 Å². The van der Waals surface area contributed by atoms with E-state index in [0.717, 1.165) is 31.6 Å². The number of hydrogen-bond donors (Lipinski definition) is 2. The van der Waals surface area contributed by atoms with Gasteiger partial charge in [-0.25, -0.2) is 0 Å². The van der Waals surface area contributed by atoms with Crippen LogP contribution in [0.4, 0.5) is 0 Å². The van der Waals surface area contributed by atoms with Gasteiger partial charge in [0.15, 0.2) is 0 Å². The van der Waals surface area contributed by atoms with Crippen molar-refractivity contribution < 1.29 is 9.84 Å². The Balaban J connectivity index is 1.70. The first-order valence-corrected chi connectivity index (χ1v) is 6.71. The third-order valence-electron chi connectivity index (χ3n) is 3.67. The molecule has 0 aliphatic heterocycles. The Labute approximate surface area is 109 Å². The molecule has 1 aromatic rings. The number of rotatable bonds is 6. The molecular weight excluding hydrogens is 226 g/mol. The molecule has 2 N–H and O–H groups in total. The van der Waals surface area contributed by atoms with E-state index < -0.39 is 0 Å². The van der Waals surface area contributed by atoms with E-state index in [0.29, 0.717) is 12.0 Å². The molecule has 18 heavy (non-hydrogen) atoms. The van der Waals surface area contributed by atoms with Gasteiger partial charge in [-0.1, -0.05) is 12.1 Å². The number of ether oxygens (including phenoxy) is 1. The SMILES string of the molecule is COc1ccc(CC(C)NCC2CC(O)C2)cc1. The molecule has 0 radical (unpaired) electrons. The van der Waals surface area contributed by atoms with Gasteiger partial charge in [-0.3, -0.25) is 0 Å². The molecule has 0 heterocycles. The van der Waals surface area contributed by atoms with E-state index in [1.807, 2.05) is 12.1 Å². The van der Waals surface area contributed by atoms with Crippen LogP contribution in [-0.4, -0.2) is 30.9 Å². The van der Waals surface area contributed by atoms with Crippen LogP contribution >= 0.6 is 0 Å². The fourth-order valence-electron chi connectivity index (χ4n) is 2.42. The molecule has 0 saturated heterocycles. The first-order chi connectivity index (χ1) is 8.67. The van der Waals surface area contributed by atoms with Crippen molar-refractivity contribution in [2.75, 3.05) is 13.7 Å². The topological polar surface area (TPSA) is 41.5 Å². The second-order valence-electron chi connectivity index (χ2n) is 5.35. The summed E-state index contributed by atoms with van der Waals surface area (Å²) in [5, 5.41) is 12.8. The number of aliphatic hydroxyl groups excluding tert-OH is 1. The fraction of sp³-hybridized carbons (Fsp3) is 0.600. The molecule has 1 aromatic carbocycles. The van der Waals surface area contributed by atoms with Crippen molar-refractivity contribution in [1.29, 1.82) is 0 Å². The van der Waals surface area contributed by atoms with E-state index in [9.17, 15) is 5.11 Å². The predicted molar refractivity (Wildman–Crippen MR) is 72.9 cm³/mol. The highest BCUT2D eigenvalue weighted by atomic mass is 16.5. The molecule has 1 saturated carbocycles. The molecule has 0 spiro atoms. The van der Waals surface area contributed by atoms with Crippen LogP contribution in [0.25, 0.3) is 0 Å². The average Bonchev–Trinajstić information content (AvgIpc) is 2.34. The minimum atomic E-state index is -0.0475. The standard InChI is InChI=1S/C15H23NO2/c1-11(16-10-13-8-14(17)9-13)7-12-3-5-15(18-2)6-4-12/h3-6,11,13-14,16-17H,7-10H2,1-2H3. The second kappa shape index (κ2) is 6.21. The Morgan fingerprint density at radius 2 is 2.00 bits per heavy atom. The number of benzene rings is 1. The van der Waals surface area contributed by atoms with E-state index >= 15 is 0 Å². The summed E-state index contributed by atoms with van der Waals surface area (Å²) in [6, 6.07) is 8.71. The predicted octanol–water partition coefficient (Wildman–Crippen LogP) is 1.99. The van der Waals surface area contributed by atoms with Crippen molar-refractivity contribution in [2.24, 2.45) is 5.92 Å². The molecule has 0 aromatic heterocycles. The number of methoxy groups -OCH3 is 1. The molecule has 0 amide bonds. The zero-order valence-electron chi connectivity index (χ0n) is 11.2. The largest absolute Gasteiger partial charge is 0.497 e. The van der Waals surface area contributed by atoms with Crippen LogP contribution in [0.15, 0.2) is 24.3 Å². The van der Waals surface area contributed by atoms with Gasteiger partial charge < -0.3 is 15.2 Å². The Hall–Kier alpha value is -1.06. The van der Waals surface area contributed by atoms with Crippen LogP contribution in [0.2, 0.25) is 0 Å². The Morgan fingerprint density at radius 1 is 1.33 bits per heavy atom. The maximum Gasteiger partial charge on any atom is 0.118 e. The second-order valence-corrected chi connectivity index (χ2v) is 5.35. The maximum absolute atomic E-state index is 9.23. The summed E-state index contributed by atoms with van der Waals surface area (Å²) in [6.45, 7) is 3.23. The molecule has 0 bridgehead atoms. The van der Waals surface area contributed by atoms with E-state index in [1.54, 1.807) is 7.11 Å². The highest BCUT2D eigenvalue weighted by Gasteiger charge is 2.26. The smallest absolute Gasteiger partial charge is 0.118 e. The molecular formula is C15H23NO2. The molecule has 2 rings (SSSR count). The van der Waals surface area contributed by atoms with Gasteiger partial charge in [-0.15, -0.1) is 0 Å². The first kappa shape index (κ1) is 13.4. The van der Waals surface area contributed by atoms with Gasteiger partial charge in [-0.05, 0) is 56.3 Å². The van der Waals surface area contributed by atoms with Crippen molar-refractivity contribution in [1.82, 2.24) is 5.32 Å². The molecule has 100 valence electrons. The van der Waals surface area contributed by atoms with Crippen LogP contribution in [0.5, 0.6) is 5.75 Å². The van der Waals surface area contributed by atoms with Gasteiger partial charge in [0, 0.05) is 6.04 Å². The van der Waals surface area contributed by atoms with E-state index in [1.165, 1.54) is 5.56 Å². The summed E-state index contributed by atoms with van der Waals surface area (Å²) < 4.78 is 5.15. The zero-order chi connectivity index (χ0) is 13.0. The highest BCUT2D eigenvalue weighted by molar-refractivity contribution is 5.27. The monoisotopic (exact) mass is 249 g/mol. The summed E-state index contributed by atoms with van der Waals surface area (Å²) in [6.07, 6.45) is 2.90. The van der Waals surface area contributed by atoms with Crippen LogP contribution in [0.1, 0.15) is 25.3 Å². The van der Waals surface area contributed by atoms with E-state index in [-0.39, 0.29) is 6.10 Å². The van der Waals surface area contributed by atoms with Crippen molar-refractivity contribution in [3.8, 4) is 5.75 Å². The summed E-state index contributed by atoms with van der Waals surface area (Å²) in [7, 11) is 1.69. The van der Waals surface area contributed by atoms with Crippen molar-refractivity contribution in [3.05, 3.63) is 29.8 Å². The highest BCUT2D eigenvalue weighted by Crippen LogP contribution is 2.26. The Morgan fingerprint density at radius 3 is 2.56 bits per heavy atom. The summed E-state index contributed by atoms with van der Waals surface area (Å²) in [5.74, 6) is 1.57. The van der Waals surface area contributed by atoms with Gasteiger partial charge in [0.1, 0.15) is 5.75 Å². The maximum atomic E-state index is 9.23. The Bertz CT molecular complexity index is 357. The van der Waals surface area contributed by atoms with Crippen LogP contribution < -0.4 is 10.1 Å². The van der Waals surface area contributed by atoms with Crippen molar-refractivity contribution >= 4 is 0 Å². The van der Waals surface area contributed by atoms with Crippen molar-refractivity contribution in [2.45, 2.75) is 38.3 Å². The lowest BCUT2D eigenvalue weighted by atomic mass is 9.82. The third-order valence-corrected chi connectivity index (χ3v) is 3.67. The lowest BCUT2D eigenvalue weighted by Gasteiger charge is -2.32. The van der Waals surface area contributed by atoms with Gasteiger partial charge in [0.05, 0.1) is 13.2 Å². The number of aliphatic hydroxyl groups is 1. The summed E-state index contributed by atoms with van der Waals surface area (Å²) >= 11 is 0. The van der Waals surface area contributed by atoms with E-state index in [2.05, 4.69) is 24.4 Å². The lowest BCUT2D eigenvalue weighted by molar-refractivity contribution is 0.0421. The number of hydrogen-bond acceptors (Lipinski definition) is 3. The van der Waals surface area contributed by atoms with E-state index in [4.69, 9.17) is 4.74 Å². The molecule has 1 fully saturated rings. The molecule has 1 aliphatic carbocycles. The van der Waals surface area contributed by atoms with Crippen LogP contribution in [0.3, 0.4) is 0 Å². The number of nitrogens with one attached hydrogen (secondary N) is 1. The molecule has 1 aliphatic rings. The summed E-state index contributed by atoms with van der Waals surface area (Å²) in [4.78, 5) is 0. The normalized spacial score (nSPS) is 24.4. The molecule has 3 heteroatoms. The third kappa shape index (κ3) is 3.72. The van der Waals surface area contributed by atoms with Crippen LogP contribution in [-0.2, 0) is 6.42 Å². The van der Waals surface area contributed by atoms with Gasteiger partial charge in [0.2, 0.25) is 0 Å². The Kier molecular flexibility index (Phi) is 4.61. The first-order valence-electron chi connectivity index (χ1n) is 6.71. The molecule has 3 nitrogen and oxygen atoms in total. The lowest BCUT2D eigenvalue weighted by Crippen LogP contribution is -2.39. The zero-order valence-corrected chi connectivity index (χ0v) is 11.2. The van der Waals surface area contributed by atoms with Gasteiger partial charge in [0.25, 0.3) is 0 Å². The quantitative estimate of drug-likeness (QED) is 0.810. The molecule has 1 unspecified atom stereocenters. The minimum absolute atomic E-state index is 0.0475. The van der Waals surface area contributed by atoms with Gasteiger partial charge in [-0.2, -0.15) is 0 Å². The fourth-order valence-corrected chi connectivity index (χ4v) is 2.42. The van der Waals surface area contributed by atoms with Crippen molar-refractivity contribution in [3.63, 3.8) is 0 Å². The van der Waals surface area contributed by atoms with Crippen LogP contribution in [0, 0.1) is 5.92 Å². The molecule has 1 atom stereocenters. The summed E-state index contributed by atoms with van der Waals surface area (Å²) in [5.41, 5.74) is 1.32. The minimum Gasteiger partial charge on any atom is -0.497 e. The average molecular weight is 249 g/mol.